The summed E-state index contributed by atoms with van der Waals surface area (Å²) in [6.07, 6.45) is 3.12. The number of hydrogen-bond donors (Lipinski definition) is 3. The topological polar surface area (TPSA) is 83.2 Å². The van der Waals surface area contributed by atoms with Gasteiger partial charge in [-0.05, 0) is 60.7 Å². The number of fused-ring (bicyclic) bond motifs is 1. The molecule has 0 saturated heterocycles. The fourth-order valence-corrected chi connectivity index (χ4v) is 4.30. The second-order valence-corrected chi connectivity index (χ2v) is 8.79. The highest BCUT2D eigenvalue weighted by atomic mass is 16.5. The van der Waals surface area contributed by atoms with Crippen molar-refractivity contribution in [2.75, 3.05) is 12.4 Å². The molecule has 0 aliphatic rings. The highest BCUT2D eigenvalue weighted by Crippen LogP contribution is 2.22. The van der Waals surface area contributed by atoms with E-state index >= 15 is 0 Å². The summed E-state index contributed by atoms with van der Waals surface area (Å²) in [5, 5.41) is 7.08. The fraction of sp³-hybridized carbons (Fsp3) is 0.241. The van der Waals surface area contributed by atoms with E-state index < -0.39 is 6.04 Å². The zero-order valence-electron chi connectivity index (χ0n) is 20.4. The number of para-hydroxylation sites is 2. The molecule has 0 aliphatic carbocycles. The molecule has 1 atom stereocenters. The molecule has 35 heavy (non-hydrogen) atoms. The quantitative estimate of drug-likeness (QED) is 0.319. The minimum absolute atomic E-state index is 0.172. The molecule has 0 radical (unpaired) electrons. The molecule has 4 aromatic rings. The zero-order valence-corrected chi connectivity index (χ0v) is 20.4. The first-order valence-corrected chi connectivity index (χ1v) is 11.8. The van der Waals surface area contributed by atoms with Crippen LogP contribution in [0.25, 0.3) is 10.9 Å². The summed E-state index contributed by atoms with van der Waals surface area (Å²) >= 11 is 0. The van der Waals surface area contributed by atoms with Gasteiger partial charge in [-0.25, -0.2) is 0 Å². The van der Waals surface area contributed by atoms with Crippen LogP contribution in [0.3, 0.4) is 0 Å². The van der Waals surface area contributed by atoms with Gasteiger partial charge in [0, 0.05) is 35.6 Å². The maximum Gasteiger partial charge on any atom is 0.247 e. The van der Waals surface area contributed by atoms with Gasteiger partial charge in [0.05, 0.1) is 7.11 Å². The summed E-state index contributed by atoms with van der Waals surface area (Å²) in [5.41, 5.74) is 5.73. The van der Waals surface area contributed by atoms with E-state index in [1.807, 2.05) is 86.8 Å². The molecule has 0 spiro atoms. The average Bonchev–Trinajstić information content (AvgIpc) is 3.27. The number of aryl methyl sites for hydroxylation is 3. The van der Waals surface area contributed by atoms with E-state index in [4.69, 9.17) is 4.74 Å². The maximum absolute atomic E-state index is 13.4. The van der Waals surface area contributed by atoms with E-state index in [0.29, 0.717) is 12.8 Å². The molecule has 6 nitrogen and oxygen atoms in total. The molecule has 0 aliphatic heterocycles. The van der Waals surface area contributed by atoms with E-state index in [-0.39, 0.29) is 18.2 Å². The number of benzene rings is 3. The molecular weight excluding hydrogens is 438 g/mol. The minimum Gasteiger partial charge on any atom is -0.497 e. The number of amides is 2. The number of aromatic nitrogens is 1. The predicted molar refractivity (Wildman–Crippen MR) is 140 cm³/mol. The first kappa shape index (κ1) is 24.1. The summed E-state index contributed by atoms with van der Waals surface area (Å²) < 4.78 is 5.27. The van der Waals surface area contributed by atoms with Gasteiger partial charge in [0.2, 0.25) is 11.8 Å². The molecule has 6 heteroatoms. The number of carbonyl (C=O) groups is 2. The Labute approximate surface area is 205 Å². The standard InChI is InChI=1S/C29H31N3O3/c1-19-8-6-9-20(2)28(19)32-29(34)26(17-22-18-30-25-13-5-4-12-24(22)25)31-27(33)15-14-21-10-7-11-23(16-21)35-3/h4-13,16,18,26,30H,14-15,17H2,1-3H3,(H,31,33)(H,32,34). The Morgan fingerprint density at radius 3 is 2.49 bits per heavy atom. The van der Waals surface area contributed by atoms with Crippen LogP contribution < -0.4 is 15.4 Å². The summed E-state index contributed by atoms with van der Waals surface area (Å²) in [5.74, 6) is 0.352. The van der Waals surface area contributed by atoms with E-state index in [1.54, 1.807) is 7.11 Å². The lowest BCUT2D eigenvalue weighted by molar-refractivity contribution is -0.126. The number of carbonyl (C=O) groups excluding carboxylic acids is 2. The lowest BCUT2D eigenvalue weighted by atomic mass is 10.0. The number of nitrogens with one attached hydrogen (secondary N) is 3. The monoisotopic (exact) mass is 469 g/mol. The zero-order chi connectivity index (χ0) is 24.8. The molecule has 180 valence electrons. The van der Waals surface area contributed by atoms with Gasteiger partial charge in [-0.15, -0.1) is 0 Å². The van der Waals surface area contributed by atoms with Crippen molar-refractivity contribution in [3.05, 3.63) is 95.2 Å². The van der Waals surface area contributed by atoms with Crippen LogP contribution in [0.1, 0.15) is 28.7 Å². The molecule has 2 amide bonds. The van der Waals surface area contributed by atoms with E-state index in [0.717, 1.165) is 44.6 Å². The first-order chi connectivity index (χ1) is 16.9. The van der Waals surface area contributed by atoms with Crippen LogP contribution in [-0.2, 0) is 22.4 Å². The Hall–Kier alpha value is -4.06. The van der Waals surface area contributed by atoms with Crippen LogP contribution in [-0.4, -0.2) is 29.9 Å². The lowest BCUT2D eigenvalue weighted by Crippen LogP contribution is -2.45. The number of anilines is 1. The number of methoxy groups -OCH3 is 1. The van der Waals surface area contributed by atoms with Crippen molar-refractivity contribution < 1.29 is 14.3 Å². The van der Waals surface area contributed by atoms with Gasteiger partial charge >= 0.3 is 0 Å². The van der Waals surface area contributed by atoms with Crippen LogP contribution in [0.4, 0.5) is 5.69 Å². The van der Waals surface area contributed by atoms with Crippen molar-refractivity contribution in [3.63, 3.8) is 0 Å². The average molecular weight is 470 g/mol. The number of ether oxygens (including phenoxy) is 1. The first-order valence-electron chi connectivity index (χ1n) is 11.8. The maximum atomic E-state index is 13.4. The molecule has 0 fully saturated rings. The normalized spacial score (nSPS) is 11.7. The number of hydrogen-bond acceptors (Lipinski definition) is 3. The van der Waals surface area contributed by atoms with Crippen molar-refractivity contribution in [3.8, 4) is 5.75 Å². The number of H-pyrrole nitrogens is 1. The molecule has 1 unspecified atom stereocenters. The third-order valence-corrected chi connectivity index (χ3v) is 6.25. The second-order valence-electron chi connectivity index (χ2n) is 8.79. The Kier molecular flexibility index (Phi) is 7.51. The molecule has 3 aromatic carbocycles. The van der Waals surface area contributed by atoms with Crippen molar-refractivity contribution in [2.24, 2.45) is 0 Å². The molecule has 0 saturated carbocycles. The summed E-state index contributed by atoms with van der Waals surface area (Å²) in [6.45, 7) is 3.92. The van der Waals surface area contributed by atoms with Gasteiger partial charge in [-0.3, -0.25) is 9.59 Å². The molecule has 1 aromatic heterocycles. The second kappa shape index (κ2) is 10.9. The van der Waals surface area contributed by atoms with Crippen LogP contribution >= 0.6 is 0 Å². The van der Waals surface area contributed by atoms with Crippen LogP contribution in [0.5, 0.6) is 5.75 Å². The third-order valence-electron chi connectivity index (χ3n) is 6.25. The van der Waals surface area contributed by atoms with Crippen molar-refractivity contribution in [1.29, 1.82) is 0 Å². The third kappa shape index (κ3) is 5.90. The molecular formula is C29H31N3O3. The summed E-state index contributed by atoms with van der Waals surface area (Å²) in [4.78, 5) is 29.6. The molecule has 3 N–H and O–H groups in total. The van der Waals surface area contributed by atoms with Crippen molar-refractivity contribution >= 4 is 28.4 Å². The Balaban J connectivity index is 1.52. The van der Waals surface area contributed by atoms with E-state index in [9.17, 15) is 9.59 Å². The predicted octanol–water partition coefficient (Wildman–Crippen LogP) is 5.09. The fourth-order valence-electron chi connectivity index (χ4n) is 4.30. The van der Waals surface area contributed by atoms with E-state index in [2.05, 4.69) is 15.6 Å². The van der Waals surface area contributed by atoms with Crippen LogP contribution in [0, 0.1) is 13.8 Å². The van der Waals surface area contributed by atoms with E-state index in [1.165, 1.54) is 0 Å². The lowest BCUT2D eigenvalue weighted by Gasteiger charge is -2.20. The number of aromatic amines is 1. The Morgan fingerprint density at radius 1 is 0.971 bits per heavy atom. The molecule has 4 rings (SSSR count). The van der Waals surface area contributed by atoms with Gasteiger partial charge in [0.15, 0.2) is 0 Å². The van der Waals surface area contributed by atoms with Gasteiger partial charge in [0.25, 0.3) is 0 Å². The van der Waals surface area contributed by atoms with Gasteiger partial charge < -0.3 is 20.4 Å². The summed E-state index contributed by atoms with van der Waals surface area (Å²) in [6, 6.07) is 20.8. The Bertz CT molecular complexity index is 1320. The Morgan fingerprint density at radius 2 is 1.71 bits per heavy atom. The molecule has 1 heterocycles. The molecule has 0 bridgehead atoms. The SMILES string of the molecule is COc1cccc(CCC(=O)NC(Cc2c[nH]c3ccccc23)C(=O)Nc2c(C)cccc2C)c1. The summed E-state index contributed by atoms with van der Waals surface area (Å²) in [7, 11) is 1.62. The van der Waals surface area contributed by atoms with Crippen LogP contribution in [0.2, 0.25) is 0 Å². The number of rotatable bonds is 9. The van der Waals surface area contributed by atoms with Crippen molar-refractivity contribution in [1.82, 2.24) is 10.3 Å². The highest BCUT2D eigenvalue weighted by molar-refractivity contribution is 5.99. The van der Waals surface area contributed by atoms with Crippen molar-refractivity contribution in [2.45, 2.75) is 39.2 Å². The van der Waals surface area contributed by atoms with Gasteiger partial charge in [0.1, 0.15) is 11.8 Å². The highest BCUT2D eigenvalue weighted by Gasteiger charge is 2.23. The minimum atomic E-state index is -0.717. The largest absolute Gasteiger partial charge is 0.497 e. The van der Waals surface area contributed by atoms with Gasteiger partial charge in [-0.2, -0.15) is 0 Å². The smallest absolute Gasteiger partial charge is 0.247 e. The van der Waals surface area contributed by atoms with Crippen LogP contribution in [0.15, 0.2) is 72.9 Å². The van der Waals surface area contributed by atoms with Gasteiger partial charge in [-0.1, -0.05) is 48.5 Å².